The van der Waals surface area contributed by atoms with Crippen molar-refractivity contribution in [1.29, 1.82) is 0 Å². The highest BCUT2D eigenvalue weighted by atomic mass is 35.5. The van der Waals surface area contributed by atoms with Gasteiger partial charge in [-0.05, 0) is 67.1 Å². The number of likely N-dealkylation sites (N-methyl/N-ethyl adjacent to an activating group) is 1. The number of hydrogen-bond acceptors (Lipinski definition) is 4. The zero-order valence-corrected chi connectivity index (χ0v) is 20.2. The molecular weight excluding hydrogens is 444 g/mol. The molecule has 8 heteroatoms. The molecule has 1 aromatic heterocycles. The fraction of sp³-hybridized carbons (Fsp3) is 0.333. The number of aromatic amines is 1. The molecule has 0 saturated carbocycles. The van der Waals surface area contributed by atoms with Gasteiger partial charge in [0.05, 0.1) is 19.2 Å². The smallest absolute Gasteiger partial charge is 0.253 e. The van der Waals surface area contributed by atoms with Crippen LogP contribution in [0.4, 0.5) is 5.69 Å². The van der Waals surface area contributed by atoms with Gasteiger partial charge in [0.1, 0.15) is 5.75 Å². The Morgan fingerprint density at radius 2 is 1.91 bits per heavy atom. The Bertz CT molecular complexity index is 1130. The van der Waals surface area contributed by atoms with Gasteiger partial charge in [-0.1, -0.05) is 31.5 Å². The molecule has 0 aliphatic heterocycles. The molecule has 2 N–H and O–H groups in total. The number of H-pyrrole nitrogens is 1. The maximum atomic E-state index is 12.8. The summed E-state index contributed by atoms with van der Waals surface area (Å²) in [5, 5.41) is 5.39. The lowest BCUT2D eigenvalue weighted by molar-refractivity contribution is 0.266. The Morgan fingerprint density at radius 3 is 2.59 bits per heavy atom. The summed E-state index contributed by atoms with van der Waals surface area (Å²) in [6, 6.07) is 15.0. The average Bonchev–Trinajstić information content (AvgIpc) is 2.78. The molecule has 3 rings (SSSR count). The summed E-state index contributed by atoms with van der Waals surface area (Å²) in [5.74, 6) is 0.702. The fourth-order valence-electron chi connectivity index (χ4n) is 3.50. The van der Waals surface area contributed by atoms with Gasteiger partial charge >= 0.3 is 0 Å². The second-order valence-electron chi connectivity index (χ2n) is 7.47. The van der Waals surface area contributed by atoms with Gasteiger partial charge in [0.15, 0.2) is 5.11 Å². The Hall–Kier alpha value is -2.61. The third kappa shape index (κ3) is 6.22. The lowest BCUT2D eigenvalue weighted by atomic mass is 10.1. The normalized spacial score (nSPS) is 11.0. The van der Waals surface area contributed by atoms with Gasteiger partial charge in [0.25, 0.3) is 5.56 Å². The van der Waals surface area contributed by atoms with E-state index >= 15 is 0 Å². The summed E-state index contributed by atoms with van der Waals surface area (Å²) in [6.07, 6.45) is 0. The van der Waals surface area contributed by atoms with Gasteiger partial charge < -0.3 is 24.8 Å². The molecule has 0 saturated heterocycles. The SMILES string of the molecule is CCN(CC)CCN(Cc1cc2ccc(OC)cc2[nH]c1=O)C(=S)Nc1cccc(Cl)c1. The van der Waals surface area contributed by atoms with Crippen LogP contribution in [0.2, 0.25) is 5.02 Å². The summed E-state index contributed by atoms with van der Waals surface area (Å²) in [4.78, 5) is 20.1. The number of benzene rings is 2. The second kappa shape index (κ2) is 11.3. The van der Waals surface area contributed by atoms with Gasteiger partial charge in [0.2, 0.25) is 0 Å². The van der Waals surface area contributed by atoms with E-state index in [0.29, 0.717) is 34.5 Å². The van der Waals surface area contributed by atoms with E-state index < -0.39 is 0 Å². The molecular formula is C24H29ClN4O2S. The Kier molecular flexibility index (Phi) is 8.50. The van der Waals surface area contributed by atoms with Crippen LogP contribution in [-0.4, -0.2) is 53.2 Å². The Labute approximate surface area is 199 Å². The minimum atomic E-state index is -0.135. The largest absolute Gasteiger partial charge is 0.497 e. The third-order valence-electron chi connectivity index (χ3n) is 5.43. The van der Waals surface area contributed by atoms with E-state index in [2.05, 4.69) is 29.0 Å². The highest BCUT2D eigenvalue weighted by Gasteiger charge is 2.15. The average molecular weight is 473 g/mol. The summed E-state index contributed by atoms with van der Waals surface area (Å²) in [7, 11) is 1.61. The fourth-order valence-corrected chi connectivity index (χ4v) is 3.96. The number of thiocarbonyl (C=S) groups is 1. The van der Waals surface area contributed by atoms with E-state index in [1.165, 1.54) is 0 Å². The minimum absolute atomic E-state index is 0.135. The standard InChI is InChI=1S/C24H29ClN4O2S/c1-4-28(5-2)11-12-29(24(32)26-20-8-6-7-19(25)14-20)16-18-13-17-9-10-21(31-3)15-22(17)27-23(18)30/h6-10,13-15H,4-5,11-12,16H2,1-3H3,(H,26,32)(H,27,30). The molecule has 6 nitrogen and oxygen atoms in total. The van der Waals surface area contributed by atoms with Crippen molar-refractivity contribution in [2.45, 2.75) is 20.4 Å². The van der Waals surface area contributed by atoms with Gasteiger partial charge in [0, 0.05) is 35.4 Å². The number of fused-ring (bicyclic) bond motifs is 1. The Morgan fingerprint density at radius 1 is 1.12 bits per heavy atom. The zero-order valence-electron chi connectivity index (χ0n) is 18.7. The highest BCUT2D eigenvalue weighted by Crippen LogP contribution is 2.20. The number of nitrogens with zero attached hydrogens (tertiary/aromatic N) is 2. The van der Waals surface area contributed by atoms with Crippen LogP contribution in [0, 0.1) is 0 Å². The van der Waals surface area contributed by atoms with Crippen molar-refractivity contribution in [2.75, 3.05) is 38.6 Å². The van der Waals surface area contributed by atoms with Gasteiger partial charge in [-0.25, -0.2) is 0 Å². The number of pyridine rings is 1. The van der Waals surface area contributed by atoms with Crippen molar-refractivity contribution in [3.05, 3.63) is 69.5 Å². The Balaban J connectivity index is 1.86. The molecule has 2 aromatic carbocycles. The zero-order chi connectivity index (χ0) is 23.1. The summed E-state index contributed by atoms with van der Waals surface area (Å²) >= 11 is 11.8. The van der Waals surface area contributed by atoms with Crippen molar-refractivity contribution in [1.82, 2.24) is 14.8 Å². The summed E-state index contributed by atoms with van der Waals surface area (Å²) in [6.45, 7) is 8.11. The van der Waals surface area contributed by atoms with Crippen LogP contribution in [0.1, 0.15) is 19.4 Å². The van der Waals surface area contributed by atoms with Crippen LogP contribution in [0.3, 0.4) is 0 Å². The number of nitrogens with one attached hydrogen (secondary N) is 2. The molecule has 0 unspecified atom stereocenters. The molecule has 0 amide bonds. The maximum absolute atomic E-state index is 12.8. The first-order chi connectivity index (χ1) is 15.4. The molecule has 0 atom stereocenters. The number of aromatic nitrogens is 1. The number of methoxy groups -OCH3 is 1. The lowest BCUT2D eigenvalue weighted by Crippen LogP contribution is -2.41. The van der Waals surface area contributed by atoms with Crippen LogP contribution >= 0.6 is 23.8 Å². The van der Waals surface area contributed by atoms with Crippen LogP contribution in [-0.2, 0) is 6.54 Å². The third-order valence-corrected chi connectivity index (χ3v) is 6.03. The van der Waals surface area contributed by atoms with E-state index in [-0.39, 0.29) is 5.56 Å². The van der Waals surface area contributed by atoms with Crippen LogP contribution in [0.25, 0.3) is 10.9 Å². The molecule has 3 aromatic rings. The van der Waals surface area contributed by atoms with E-state index in [0.717, 1.165) is 36.2 Å². The molecule has 0 fully saturated rings. The van der Waals surface area contributed by atoms with Crippen LogP contribution in [0.5, 0.6) is 5.75 Å². The van der Waals surface area contributed by atoms with Gasteiger partial charge in [-0.3, -0.25) is 4.79 Å². The topological polar surface area (TPSA) is 60.6 Å². The van der Waals surface area contributed by atoms with E-state index in [4.69, 9.17) is 28.6 Å². The highest BCUT2D eigenvalue weighted by molar-refractivity contribution is 7.80. The molecule has 0 radical (unpaired) electrons. The predicted molar refractivity (Wildman–Crippen MR) is 137 cm³/mol. The first-order valence-corrected chi connectivity index (χ1v) is 11.5. The molecule has 170 valence electrons. The van der Waals surface area contributed by atoms with Gasteiger partial charge in [-0.15, -0.1) is 0 Å². The van der Waals surface area contributed by atoms with Crippen molar-refractivity contribution in [3.8, 4) is 5.75 Å². The number of rotatable bonds is 9. The second-order valence-corrected chi connectivity index (χ2v) is 8.29. The monoisotopic (exact) mass is 472 g/mol. The van der Waals surface area contributed by atoms with E-state index in [1.54, 1.807) is 7.11 Å². The quantitative estimate of drug-likeness (QED) is 0.439. The van der Waals surface area contributed by atoms with Gasteiger partial charge in [-0.2, -0.15) is 0 Å². The molecule has 0 aliphatic carbocycles. The lowest BCUT2D eigenvalue weighted by Gasteiger charge is -2.29. The maximum Gasteiger partial charge on any atom is 0.253 e. The molecule has 0 spiro atoms. The first-order valence-electron chi connectivity index (χ1n) is 10.7. The van der Waals surface area contributed by atoms with E-state index in [9.17, 15) is 4.79 Å². The van der Waals surface area contributed by atoms with Crippen LogP contribution in [0.15, 0.2) is 53.3 Å². The first kappa shape index (κ1) is 24.0. The van der Waals surface area contributed by atoms with Crippen molar-refractivity contribution < 1.29 is 4.74 Å². The van der Waals surface area contributed by atoms with E-state index in [1.807, 2.05) is 53.4 Å². The van der Waals surface area contributed by atoms with Crippen molar-refractivity contribution >= 4 is 45.5 Å². The minimum Gasteiger partial charge on any atom is -0.497 e. The number of halogens is 1. The number of anilines is 1. The predicted octanol–water partition coefficient (Wildman–Crippen LogP) is 4.73. The van der Waals surface area contributed by atoms with Crippen molar-refractivity contribution in [3.63, 3.8) is 0 Å². The van der Waals surface area contributed by atoms with Crippen LogP contribution < -0.4 is 15.6 Å². The summed E-state index contributed by atoms with van der Waals surface area (Å²) in [5.41, 5.74) is 2.07. The molecule has 1 heterocycles. The molecule has 0 aliphatic rings. The molecule has 0 bridgehead atoms. The number of hydrogen-bond donors (Lipinski definition) is 2. The summed E-state index contributed by atoms with van der Waals surface area (Å²) < 4.78 is 5.26. The molecule has 32 heavy (non-hydrogen) atoms. The number of ether oxygens (including phenoxy) is 1. The van der Waals surface area contributed by atoms with Crippen molar-refractivity contribution in [2.24, 2.45) is 0 Å².